The van der Waals surface area contributed by atoms with Gasteiger partial charge < -0.3 is 5.32 Å². The fourth-order valence-corrected chi connectivity index (χ4v) is 3.56. The van der Waals surface area contributed by atoms with E-state index < -0.39 is 21.5 Å². The quantitative estimate of drug-likeness (QED) is 0.862. The molecule has 1 aromatic heterocycles. The van der Waals surface area contributed by atoms with E-state index in [9.17, 15) is 13.2 Å². The molecule has 0 bridgehead atoms. The first-order chi connectivity index (χ1) is 10.3. The second-order valence-corrected chi connectivity index (χ2v) is 7.91. The van der Waals surface area contributed by atoms with Gasteiger partial charge in [0.05, 0.1) is 5.75 Å². The number of anilines is 1. The van der Waals surface area contributed by atoms with Crippen LogP contribution in [0, 0.1) is 6.92 Å². The largest absolute Gasteiger partial charge is 0.310 e. The first kappa shape index (κ1) is 16.6. The van der Waals surface area contributed by atoms with Gasteiger partial charge in [-0.3, -0.25) is 4.79 Å². The SMILES string of the molecule is Cc1ccc(NC(=O)CS(=O)(=O)Cc2cccc(Br)c2)nc1. The lowest BCUT2D eigenvalue weighted by Crippen LogP contribution is -2.24. The third-order valence-electron chi connectivity index (χ3n) is 2.81. The highest BCUT2D eigenvalue weighted by molar-refractivity contribution is 9.10. The molecule has 0 atom stereocenters. The molecule has 116 valence electrons. The molecule has 5 nitrogen and oxygen atoms in total. The summed E-state index contributed by atoms with van der Waals surface area (Å²) in [6.45, 7) is 1.88. The Morgan fingerprint density at radius 1 is 1.27 bits per heavy atom. The zero-order chi connectivity index (χ0) is 16.2. The number of carbonyl (C=O) groups is 1. The summed E-state index contributed by atoms with van der Waals surface area (Å²) in [6, 6.07) is 10.4. The Balaban J connectivity index is 1.99. The maximum absolute atomic E-state index is 12.1. The molecule has 0 spiro atoms. The second-order valence-electron chi connectivity index (χ2n) is 4.93. The number of carbonyl (C=O) groups excluding carboxylic acids is 1. The van der Waals surface area contributed by atoms with Crippen molar-refractivity contribution in [3.63, 3.8) is 0 Å². The van der Waals surface area contributed by atoms with Crippen LogP contribution < -0.4 is 5.32 Å². The summed E-state index contributed by atoms with van der Waals surface area (Å²) in [6.07, 6.45) is 1.60. The van der Waals surface area contributed by atoms with Crippen LogP contribution in [0.2, 0.25) is 0 Å². The summed E-state index contributed by atoms with van der Waals surface area (Å²) < 4.78 is 24.9. The van der Waals surface area contributed by atoms with E-state index in [1.54, 1.807) is 36.5 Å². The zero-order valence-corrected chi connectivity index (χ0v) is 14.3. The monoisotopic (exact) mass is 382 g/mol. The van der Waals surface area contributed by atoms with Crippen LogP contribution in [0.15, 0.2) is 47.1 Å². The average Bonchev–Trinajstić information content (AvgIpc) is 2.40. The molecule has 0 saturated carbocycles. The fraction of sp³-hybridized carbons (Fsp3) is 0.200. The van der Waals surface area contributed by atoms with Crippen LogP contribution in [0.1, 0.15) is 11.1 Å². The normalized spacial score (nSPS) is 11.2. The molecule has 0 saturated heterocycles. The number of nitrogens with one attached hydrogen (secondary N) is 1. The molecule has 1 amide bonds. The summed E-state index contributed by atoms with van der Waals surface area (Å²) in [5.41, 5.74) is 1.59. The molecular weight excluding hydrogens is 368 g/mol. The number of aromatic nitrogens is 1. The Hall–Kier alpha value is -1.73. The predicted octanol–water partition coefficient (Wildman–Crippen LogP) is 2.71. The van der Waals surface area contributed by atoms with Gasteiger partial charge >= 0.3 is 0 Å². The summed E-state index contributed by atoms with van der Waals surface area (Å²) >= 11 is 3.29. The minimum absolute atomic E-state index is 0.179. The van der Waals surface area contributed by atoms with E-state index in [1.807, 2.05) is 13.0 Å². The average molecular weight is 383 g/mol. The number of pyridine rings is 1. The summed E-state index contributed by atoms with van der Waals surface area (Å²) in [5.74, 6) is -1.00. The van der Waals surface area contributed by atoms with Crippen molar-refractivity contribution in [2.45, 2.75) is 12.7 Å². The molecule has 1 heterocycles. The topological polar surface area (TPSA) is 76.1 Å². The number of halogens is 1. The zero-order valence-electron chi connectivity index (χ0n) is 11.9. The number of hydrogen-bond acceptors (Lipinski definition) is 4. The lowest BCUT2D eigenvalue weighted by atomic mass is 10.2. The Bertz CT molecular complexity index is 774. The molecule has 0 aliphatic heterocycles. The third kappa shape index (κ3) is 5.23. The molecule has 1 N–H and O–H groups in total. The third-order valence-corrected chi connectivity index (χ3v) is 4.77. The molecule has 22 heavy (non-hydrogen) atoms. The van der Waals surface area contributed by atoms with Gasteiger partial charge in [0.2, 0.25) is 5.91 Å². The summed E-state index contributed by atoms with van der Waals surface area (Å²) in [7, 11) is -3.54. The number of aryl methyl sites for hydroxylation is 1. The van der Waals surface area contributed by atoms with Gasteiger partial charge in [-0.15, -0.1) is 0 Å². The van der Waals surface area contributed by atoms with Crippen molar-refractivity contribution in [1.82, 2.24) is 4.98 Å². The van der Waals surface area contributed by atoms with Gasteiger partial charge in [-0.05, 0) is 36.2 Å². The first-order valence-electron chi connectivity index (χ1n) is 6.51. The number of rotatable bonds is 5. The predicted molar refractivity (Wildman–Crippen MR) is 89.2 cm³/mol. The van der Waals surface area contributed by atoms with Gasteiger partial charge in [-0.25, -0.2) is 13.4 Å². The standard InChI is InChI=1S/C15H15BrN2O3S/c1-11-5-6-14(17-8-11)18-15(19)10-22(20,21)9-12-3-2-4-13(16)7-12/h2-8H,9-10H2,1H3,(H,17,18,19). The van der Waals surface area contributed by atoms with Crippen molar-refractivity contribution < 1.29 is 13.2 Å². The molecule has 7 heteroatoms. The molecule has 1 aromatic carbocycles. The van der Waals surface area contributed by atoms with Crippen molar-refractivity contribution >= 4 is 37.5 Å². The van der Waals surface area contributed by atoms with Crippen LogP contribution >= 0.6 is 15.9 Å². The molecule has 0 aliphatic rings. The molecule has 0 radical (unpaired) electrons. The van der Waals surface area contributed by atoms with Gasteiger partial charge in [0.25, 0.3) is 0 Å². The molecule has 0 aliphatic carbocycles. The van der Waals surface area contributed by atoms with Gasteiger partial charge in [0.1, 0.15) is 11.6 Å². The Kier molecular flexibility index (Phi) is 5.31. The van der Waals surface area contributed by atoms with E-state index in [1.165, 1.54) is 0 Å². The van der Waals surface area contributed by atoms with Crippen molar-refractivity contribution in [3.8, 4) is 0 Å². The maximum atomic E-state index is 12.1. The highest BCUT2D eigenvalue weighted by Gasteiger charge is 2.18. The maximum Gasteiger partial charge on any atom is 0.240 e. The van der Waals surface area contributed by atoms with Gasteiger partial charge in [0.15, 0.2) is 9.84 Å². The Morgan fingerprint density at radius 2 is 2.05 bits per heavy atom. The van der Waals surface area contributed by atoms with E-state index in [2.05, 4.69) is 26.2 Å². The van der Waals surface area contributed by atoms with Crippen LogP contribution in [0.25, 0.3) is 0 Å². The number of sulfone groups is 1. The highest BCUT2D eigenvalue weighted by Crippen LogP contribution is 2.14. The van der Waals surface area contributed by atoms with Crippen LogP contribution in [0.4, 0.5) is 5.82 Å². The fourth-order valence-electron chi connectivity index (χ4n) is 1.85. The van der Waals surface area contributed by atoms with Crippen molar-refractivity contribution in [2.75, 3.05) is 11.1 Å². The van der Waals surface area contributed by atoms with E-state index in [-0.39, 0.29) is 5.75 Å². The second kappa shape index (κ2) is 7.02. The van der Waals surface area contributed by atoms with Gasteiger partial charge in [0, 0.05) is 10.7 Å². The number of benzene rings is 1. The molecule has 0 unspecified atom stereocenters. The summed E-state index contributed by atoms with van der Waals surface area (Å²) in [5, 5.41) is 2.48. The minimum Gasteiger partial charge on any atom is -0.310 e. The van der Waals surface area contributed by atoms with Gasteiger partial charge in [-0.2, -0.15) is 0 Å². The van der Waals surface area contributed by atoms with E-state index in [0.717, 1.165) is 10.0 Å². The van der Waals surface area contributed by atoms with Crippen molar-refractivity contribution in [3.05, 3.63) is 58.2 Å². The molecular formula is C15H15BrN2O3S. The van der Waals surface area contributed by atoms with E-state index >= 15 is 0 Å². The van der Waals surface area contributed by atoms with Crippen molar-refractivity contribution in [2.24, 2.45) is 0 Å². The molecule has 2 rings (SSSR count). The van der Waals surface area contributed by atoms with Crippen LogP contribution in [-0.2, 0) is 20.4 Å². The summed E-state index contributed by atoms with van der Waals surface area (Å²) in [4.78, 5) is 15.8. The number of amides is 1. The Labute approximate surface area is 137 Å². The van der Waals surface area contributed by atoms with Crippen LogP contribution in [-0.4, -0.2) is 25.1 Å². The van der Waals surface area contributed by atoms with Crippen LogP contribution in [0.5, 0.6) is 0 Å². The van der Waals surface area contributed by atoms with Gasteiger partial charge in [-0.1, -0.05) is 34.1 Å². The number of hydrogen-bond donors (Lipinski definition) is 1. The van der Waals surface area contributed by atoms with Crippen LogP contribution in [0.3, 0.4) is 0 Å². The van der Waals surface area contributed by atoms with Crippen molar-refractivity contribution in [1.29, 1.82) is 0 Å². The lowest BCUT2D eigenvalue weighted by Gasteiger charge is -2.06. The Morgan fingerprint density at radius 3 is 2.68 bits per heavy atom. The lowest BCUT2D eigenvalue weighted by molar-refractivity contribution is -0.113. The highest BCUT2D eigenvalue weighted by atomic mass is 79.9. The smallest absolute Gasteiger partial charge is 0.240 e. The van der Waals surface area contributed by atoms with E-state index in [4.69, 9.17) is 0 Å². The number of nitrogens with zero attached hydrogens (tertiary/aromatic N) is 1. The first-order valence-corrected chi connectivity index (χ1v) is 9.13. The minimum atomic E-state index is -3.54. The van der Waals surface area contributed by atoms with E-state index in [0.29, 0.717) is 11.4 Å². The molecule has 0 fully saturated rings. The molecule has 2 aromatic rings.